The van der Waals surface area contributed by atoms with Gasteiger partial charge in [0.1, 0.15) is 0 Å². The maximum atomic E-state index is 8.25. The van der Waals surface area contributed by atoms with Crippen LogP contribution < -0.4 is 0 Å². The van der Waals surface area contributed by atoms with Crippen LogP contribution in [0.15, 0.2) is 0 Å². The van der Waals surface area contributed by atoms with Crippen molar-refractivity contribution in [3.05, 3.63) is 30.6 Å². The van der Waals surface area contributed by atoms with Gasteiger partial charge in [-0.2, -0.15) is 0 Å². The van der Waals surface area contributed by atoms with Crippen molar-refractivity contribution in [2.75, 3.05) is 0 Å². The van der Waals surface area contributed by atoms with Crippen LogP contribution in [-0.4, -0.2) is 62.6 Å². The molecular formula is H6Bi2N2O6-2. The van der Waals surface area contributed by atoms with Gasteiger partial charge in [0, 0.05) is 0 Å². The molecule has 0 aromatic rings. The summed E-state index contributed by atoms with van der Waals surface area (Å²) >= 11 is 0. The van der Waals surface area contributed by atoms with Gasteiger partial charge in [-0.15, -0.1) is 0 Å². The Hall–Kier alpha value is 0.166. The van der Waals surface area contributed by atoms with Crippen LogP contribution in [0.3, 0.4) is 0 Å². The Balaban J connectivity index is -0.0000000300. The molecule has 0 rings (SSSR count). The summed E-state index contributed by atoms with van der Waals surface area (Å²) in [6, 6.07) is 0. The number of rotatable bonds is 0. The molecule has 10 heavy (non-hydrogen) atoms. The van der Waals surface area contributed by atoms with Crippen LogP contribution >= 0.6 is 0 Å². The minimum absolute atomic E-state index is 0. The molecule has 0 amide bonds. The zero-order valence-electron chi connectivity index (χ0n) is 4.76. The Morgan fingerprint density at radius 1 is 0.700 bits per heavy atom. The molecule has 0 saturated heterocycles. The number of nitrogens with zero attached hydrogens (tertiary/aromatic N) is 2. The van der Waals surface area contributed by atoms with Crippen LogP contribution in [0.1, 0.15) is 0 Å². The first-order chi connectivity index (χ1) is 3.46. The summed E-state index contributed by atoms with van der Waals surface area (Å²) in [5, 5.41) is 29.5. The van der Waals surface area contributed by atoms with Crippen molar-refractivity contribution < 1.29 is 10.2 Å². The van der Waals surface area contributed by atoms with Gasteiger partial charge in [0.25, 0.3) is 0 Å². The molecule has 0 saturated carbocycles. The Morgan fingerprint density at radius 3 is 0.700 bits per heavy atom. The van der Waals surface area contributed by atoms with Crippen LogP contribution in [-0.2, 0) is 0 Å². The third-order valence-corrected chi connectivity index (χ3v) is 0. The van der Waals surface area contributed by atoms with E-state index in [9.17, 15) is 0 Å². The van der Waals surface area contributed by atoms with Crippen LogP contribution in [0.2, 0.25) is 0 Å². The van der Waals surface area contributed by atoms with E-state index in [1.807, 2.05) is 0 Å². The van der Waals surface area contributed by atoms with Crippen molar-refractivity contribution in [3.8, 4) is 0 Å². The van der Waals surface area contributed by atoms with Crippen LogP contribution in [0.4, 0.5) is 0 Å². The number of hydrogen-bond donors (Lipinski definition) is 0. The Bertz CT molecular complexity index is 71.7. The van der Waals surface area contributed by atoms with Gasteiger partial charge in [-0.05, 0) is 0 Å². The number of hydrogen-bond acceptors (Lipinski definition) is 6. The molecule has 0 aliphatic rings. The van der Waals surface area contributed by atoms with E-state index in [-0.39, 0.29) is 52.4 Å². The molecule has 0 aliphatic carbocycles. The zero-order valence-corrected chi connectivity index (χ0v) is 15.8. The molecule has 64 valence electrons. The van der Waals surface area contributed by atoms with Crippen LogP contribution in [0, 0.1) is 30.6 Å². The Morgan fingerprint density at radius 2 is 0.700 bits per heavy atom. The normalized spacial score (nSPS) is 4.80. The van der Waals surface area contributed by atoms with E-state index in [2.05, 4.69) is 0 Å². The predicted octanol–water partition coefficient (Wildman–Crippen LogP) is -2.85. The monoisotopic (exact) mass is 548 g/mol. The van der Waals surface area contributed by atoms with Gasteiger partial charge in [-0.1, -0.05) is 0 Å². The second kappa shape index (κ2) is 16.1. The van der Waals surface area contributed by atoms with E-state index in [4.69, 9.17) is 30.6 Å². The minimum atomic E-state index is -1.75. The van der Waals surface area contributed by atoms with Gasteiger partial charge in [0.15, 0.2) is 0 Å². The molecule has 10 heteroatoms. The van der Waals surface area contributed by atoms with Crippen molar-refractivity contribution in [1.29, 1.82) is 0 Å². The molecule has 0 atom stereocenters. The maximum absolute atomic E-state index is 8.25. The average Bonchev–Trinajstić information content (AvgIpc) is 1.25. The summed E-state index contributed by atoms with van der Waals surface area (Å²) in [6.07, 6.45) is 0. The Labute approximate surface area is 92.7 Å². The molecule has 0 bridgehead atoms. The van der Waals surface area contributed by atoms with E-state index in [0.29, 0.717) is 0 Å². The standard InChI is InChI=1S/2Bi.2NO3.6H/c;;2*2-1(3)4;;;;;;/q;;2*-1;;;;;;. The van der Waals surface area contributed by atoms with Crippen molar-refractivity contribution in [1.82, 2.24) is 0 Å². The summed E-state index contributed by atoms with van der Waals surface area (Å²) in [7, 11) is 0. The summed E-state index contributed by atoms with van der Waals surface area (Å²) in [4.78, 5) is 16.5. The van der Waals surface area contributed by atoms with Crippen molar-refractivity contribution >= 4 is 52.4 Å². The van der Waals surface area contributed by atoms with Gasteiger partial charge in [-0.25, -0.2) is 0 Å². The quantitative estimate of drug-likeness (QED) is 0.182. The van der Waals surface area contributed by atoms with E-state index < -0.39 is 10.2 Å². The molecule has 0 aliphatic heterocycles. The zero-order chi connectivity index (χ0) is 7.15. The summed E-state index contributed by atoms with van der Waals surface area (Å²) in [6.45, 7) is 0. The first-order valence-corrected chi connectivity index (χ1v) is 1.10. The van der Waals surface area contributed by atoms with Gasteiger partial charge in [0.2, 0.25) is 0 Å². The van der Waals surface area contributed by atoms with Gasteiger partial charge >= 0.3 is 52.4 Å². The Kier molecular flexibility index (Phi) is 36.1. The van der Waals surface area contributed by atoms with Crippen molar-refractivity contribution in [2.24, 2.45) is 0 Å². The van der Waals surface area contributed by atoms with Gasteiger partial charge in [-0.3, -0.25) is 0 Å². The molecule has 8 nitrogen and oxygen atoms in total. The van der Waals surface area contributed by atoms with Crippen molar-refractivity contribution in [2.45, 2.75) is 0 Å². The first kappa shape index (κ1) is 22.5. The molecule has 0 unspecified atom stereocenters. The summed E-state index contributed by atoms with van der Waals surface area (Å²) < 4.78 is 0. The van der Waals surface area contributed by atoms with Crippen LogP contribution in [0.5, 0.6) is 0 Å². The van der Waals surface area contributed by atoms with E-state index in [1.165, 1.54) is 0 Å². The first-order valence-electron chi connectivity index (χ1n) is 1.10. The fourth-order valence-corrected chi connectivity index (χ4v) is 0. The van der Waals surface area contributed by atoms with Gasteiger partial charge < -0.3 is 30.6 Å². The third kappa shape index (κ3) is 15200. The fraction of sp³-hybridized carbons (Fsp3) is 0. The molecule has 0 N–H and O–H groups in total. The molecule has 0 heterocycles. The fourth-order valence-electron chi connectivity index (χ4n) is 0. The average molecular weight is 548 g/mol. The molecular weight excluding hydrogens is 542 g/mol. The van der Waals surface area contributed by atoms with E-state index in [1.54, 1.807) is 0 Å². The van der Waals surface area contributed by atoms with E-state index >= 15 is 0 Å². The second-order valence-electron chi connectivity index (χ2n) is 0.447. The van der Waals surface area contributed by atoms with E-state index in [0.717, 1.165) is 0 Å². The topological polar surface area (TPSA) is 132 Å². The predicted molar refractivity (Wildman–Crippen MR) is 40.6 cm³/mol. The molecule has 0 fully saturated rings. The van der Waals surface area contributed by atoms with Crippen molar-refractivity contribution in [3.63, 3.8) is 0 Å². The summed E-state index contributed by atoms with van der Waals surface area (Å²) in [5.74, 6) is 0. The molecule has 0 spiro atoms. The summed E-state index contributed by atoms with van der Waals surface area (Å²) in [5.41, 5.74) is 0. The van der Waals surface area contributed by atoms with Gasteiger partial charge in [0.05, 0.1) is 10.2 Å². The van der Waals surface area contributed by atoms with Crippen LogP contribution in [0.25, 0.3) is 0 Å². The molecule has 0 aromatic carbocycles. The second-order valence-corrected chi connectivity index (χ2v) is 0.447. The molecule has 0 aromatic heterocycles. The SMILES string of the molecule is O=[N+]([O-])[O-].O=[N+]([O-])[O-].[BiH3].[BiH3]. The third-order valence-electron chi connectivity index (χ3n) is 0. The molecule has 0 radical (unpaired) electrons.